The number of hydrogen-bond donors (Lipinski definition) is 1. The average Bonchev–Trinajstić information content (AvgIpc) is 2.42. The topological polar surface area (TPSA) is 60.3 Å². The Balaban J connectivity index is 1.91. The summed E-state index contributed by atoms with van der Waals surface area (Å²) in [5, 5.41) is 2.66. The molecule has 1 aromatic carbocycles. The van der Waals surface area contributed by atoms with E-state index in [2.05, 4.69) is 5.32 Å². The Morgan fingerprint density at radius 1 is 1.21 bits per heavy atom. The molecule has 0 saturated heterocycles. The van der Waals surface area contributed by atoms with Gasteiger partial charge in [-0.2, -0.15) is 0 Å². The normalized spacial score (nSPS) is 9.95. The number of pyridine rings is 1. The van der Waals surface area contributed by atoms with Gasteiger partial charge in [-0.3, -0.25) is 9.59 Å². The van der Waals surface area contributed by atoms with Crippen LogP contribution in [-0.4, -0.2) is 17.1 Å². The first-order valence-corrected chi connectivity index (χ1v) is 5.79. The van der Waals surface area contributed by atoms with Crippen molar-refractivity contribution >= 4 is 11.6 Å². The van der Waals surface area contributed by atoms with Crippen molar-refractivity contribution in [3.63, 3.8) is 0 Å². The Morgan fingerprint density at radius 3 is 2.63 bits per heavy atom. The summed E-state index contributed by atoms with van der Waals surface area (Å²) in [5.74, 6) is 0.362. The second-order valence-corrected chi connectivity index (χ2v) is 4.02. The lowest BCUT2D eigenvalue weighted by atomic mass is 10.3. The molecule has 0 aliphatic carbocycles. The molecule has 5 heteroatoms. The highest BCUT2D eigenvalue weighted by Gasteiger charge is 2.04. The lowest BCUT2D eigenvalue weighted by Crippen LogP contribution is -2.22. The molecule has 2 aromatic rings. The average molecular weight is 258 g/mol. The summed E-state index contributed by atoms with van der Waals surface area (Å²) in [6, 6.07) is 12.0. The van der Waals surface area contributed by atoms with E-state index in [1.165, 1.54) is 10.6 Å². The van der Waals surface area contributed by atoms with Crippen molar-refractivity contribution in [1.29, 1.82) is 0 Å². The maximum Gasteiger partial charge on any atom is 0.262 e. The summed E-state index contributed by atoms with van der Waals surface area (Å²) in [7, 11) is 1.62. The number of aryl methyl sites for hydroxylation is 1. The zero-order valence-corrected chi connectivity index (χ0v) is 10.5. The van der Waals surface area contributed by atoms with Gasteiger partial charge in [-0.25, -0.2) is 0 Å². The maximum atomic E-state index is 11.7. The SMILES string of the molecule is Cn1cc(NC(=O)COc2ccccc2)ccc1=O. The van der Waals surface area contributed by atoms with Crippen LogP contribution in [0.1, 0.15) is 0 Å². The van der Waals surface area contributed by atoms with Gasteiger partial charge < -0.3 is 14.6 Å². The predicted molar refractivity (Wildman–Crippen MR) is 72.2 cm³/mol. The molecular formula is C14H14N2O3. The number of nitrogens with zero attached hydrogens (tertiary/aromatic N) is 1. The zero-order valence-electron chi connectivity index (χ0n) is 10.5. The molecule has 0 atom stereocenters. The minimum Gasteiger partial charge on any atom is -0.484 e. The fourth-order valence-electron chi connectivity index (χ4n) is 1.53. The predicted octanol–water partition coefficient (Wildman–Crippen LogP) is 1.40. The summed E-state index contributed by atoms with van der Waals surface area (Å²) < 4.78 is 6.71. The van der Waals surface area contributed by atoms with E-state index in [4.69, 9.17) is 4.74 Å². The van der Waals surface area contributed by atoms with Crippen LogP contribution in [0.4, 0.5) is 5.69 Å². The molecule has 0 bridgehead atoms. The van der Waals surface area contributed by atoms with Crippen LogP contribution >= 0.6 is 0 Å². The molecule has 2 rings (SSSR count). The van der Waals surface area contributed by atoms with Crippen molar-refractivity contribution in [3.05, 3.63) is 59.0 Å². The van der Waals surface area contributed by atoms with E-state index in [0.717, 1.165) is 0 Å². The Morgan fingerprint density at radius 2 is 1.95 bits per heavy atom. The van der Waals surface area contributed by atoms with Crippen LogP contribution in [0, 0.1) is 0 Å². The molecule has 0 spiro atoms. The first-order chi connectivity index (χ1) is 9.15. The highest BCUT2D eigenvalue weighted by molar-refractivity contribution is 5.91. The largest absolute Gasteiger partial charge is 0.484 e. The monoisotopic (exact) mass is 258 g/mol. The van der Waals surface area contributed by atoms with Gasteiger partial charge in [0, 0.05) is 19.3 Å². The van der Waals surface area contributed by atoms with E-state index in [1.54, 1.807) is 31.4 Å². The number of hydrogen-bond acceptors (Lipinski definition) is 3. The number of nitrogens with one attached hydrogen (secondary N) is 1. The summed E-state index contributed by atoms with van der Waals surface area (Å²) in [6.45, 7) is -0.0765. The number of rotatable bonds is 4. The van der Waals surface area contributed by atoms with Crippen LogP contribution in [-0.2, 0) is 11.8 Å². The Hall–Kier alpha value is -2.56. The van der Waals surface area contributed by atoms with E-state index in [9.17, 15) is 9.59 Å². The molecule has 0 unspecified atom stereocenters. The van der Waals surface area contributed by atoms with Gasteiger partial charge in [0.2, 0.25) is 5.56 Å². The second kappa shape index (κ2) is 5.86. The van der Waals surface area contributed by atoms with Crippen molar-refractivity contribution in [2.24, 2.45) is 7.05 Å². The van der Waals surface area contributed by atoms with Gasteiger partial charge in [0.15, 0.2) is 6.61 Å². The van der Waals surface area contributed by atoms with Crippen LogP contribution in [0.25, 0.3) is 0 Å². The lowest BCUT2D eigenvalue weighted by molar-refractivity contribution is -0.118. The highest BCUT2D eigenvalue weighted by atomic mass is 16.5. The van der Waals surface area contributed by atoms with Gasteiger partial charge in [-0.1, -0.05) is 18.2 Å². The number of anilines is 1. The molecular weight excluding hydrogens is 244 g/mol. The van der Waals surface area contributed by atoms with Crippen LogP contribution in [0.15, 0.2) is 53.5 Å². The minimum atomic E-state index is -0.275. The molecule has 0 fully saturated rings. The van der Waals surface area contributed by atoms with Crippen molar-refractivity contribution in [2.75, 3.05) is 11.9 Å². The molecule has 0 aliphatic heterocycles. The third kappa shape index (κ3) is 3.70. The highest BCUT2D eigenvalue weighted by Crippen LogP contribution is 2.08. The van der Waals surface area contributed by atoms with E-state index in [-0.39, 0.29) is 18.1 Å². The first kappa shape index (κ1) is 12.9. The van der Waals surface area contributed by atoms with E-state index in [0.29, 0.717) is 11.4 Å². The third-order valence-electron chi connectivity index (χ3n) is 2.48. The van der Waals surface area contributed by atoms with Gasteiger partial charge in [0.1, 0.15) is 5.75 Å². The number of amides is 1. The first-order valence-electron chi connectivity index (χ1n) is 5.79. The zero-order chi connectivity index (χ0) is 13.7. The number of ether oxygens (including phenoxy) is 1. The lowest BCUT2D eigenvalue weighted by Gasteiger charge is -2.08. The van der Waals surface area contributed by atoms with Crippen LogP contribution in [0.3, 0.4) is 0 Å². The van der Waals surface area contributed by atoms with Crippen LogP contribution < -0.4 is 15.6 Å². The summed E-state index contributed by atoms with van der Waals surface area (Å²) >= 11 is 0. The molecule has 1 aromatic heterocycles. The molecule has 98 valence electrons. The Bertz CT molecular complexity index is 620. The van der Waals surface area contributed by atoms with Crippen molar-refractivity contribution in [3.8, 4) is 5.75 Å². The molecule has 1 amide bonds. The summed E-state index contributed by atoms with van der Waals surface area (Å²) in [6.07, 6.45) is 1.56. The molecule has 0 radical (unpaired) electrons. The van der Waals surface area contributed by atoms with Gasteiger partial charge in [0.05, 0.1) is 5.69 Å². The number of para-hydroxylation sites is 1. The Labute approximate surface area is 110 Å². The summed E-state index contributed by atoms with van der Waals surface area (Å²) in [5.41, 5.74) is 0.433. The van der Waals surface area contributed by atoms with E-state index >= 15 is 0 Å². The minimum absolute atomic E-state index is 0.0765. The van der Waals surface area contributed by atoms with Crippen molar-refractivity contribution in [1.82, 2.24) is 4.57 Å². The van der Waals surface area contributed by atoms with E-state index < -0.39 is 0 Å². The number of aromatic nitrogens is 1. The van der Waals surface area contributed by atoms with Gasteiger partial charge in [-0.15, -0.1) is 0 Å². The summed E-state index contributed by atoms with van der Waals surface area (Å²) in [4.78, 5) is 22.9. The van der Waals surface area contributed by atoms with Gasteiger partial charge in [0.25, 0.3) is 5.91 Å². The molecule has 19 heavy (non-hydrogen) atoms. The Kier molecular flexibility index (Phi) is 3.97. The van der Waals surface area contributed by atoms with Crippen LogP contribution in [0.2, 0.25) is 0 Å². The van der Waals surface area contributed by atoms with Crippen molar-refractivity contribution in [2.45, 2.75) is 0 Å². The smallest absolute Gasteiger partial charge is 0.262 e. The van der Waals surface area contributed by atoms with E-state index in [1.807, 2.05) is 18.2 Å². The molecule has 1 N–H and O–H groups in total. The fourth-order valence-corrected chi connectivity index (χ4v) is 1.53. The second-order valence-electron chi connectivity index (χ2n) is 4.02. The van der Waals surface area contributed by atoms with Crippen LogP contribution in [0.5, 0.6) is 5.75 Å². The maximum absolute atomic E-state index is 11.7. The third-order valence-corrected chi connectivity index (χ3v) is 2.48. The fraction of sp³-hybridized carbons (Fsp3) is 0.143. The van der Waals surface area contributed by atoms with Gasteiger partial charge >= 0.3 is 0 Å². The molecule has 5 nitrogen and oxygen atoms in total. The number of carbonyl (C=O) groups is 1. The quantitative estimate of drug-likeness (QED) is 0.901. The standard InChI is InChI=1S/C14H14N2O3/c1-16-9-11(7-8-14(16)18)15-13(17)10-19-12-5-3-2-4-6-12/h2-9H,10H2,1H3,(H,15,17). The van der Waals surface area contributed by atoms with Crippen molar-refractivity contribution < 1.29 is 9.53 Å². The number of benzene rings is 1. The number of carbonyl (C=O) groups excluding carboxylic acids is 1. The molecule has 1 heterocycles. The van der Waals surface area contributed by atoms with Gasteiger partial charge in [-0.05, 0) is 18.2 Å². The molecule has 0 saturated carbocycles. The molecule has 0 aliphatic rings.